The summed E-state index contributed by atoms with van der Waals surface area (Å²) >= 11 is 0. The fourth-order valence-corrected chi connectivity index (χ4v) is 4.24. The van der Waals surface area contributed by atoms with Crippen molar-refractivity contribution in [1.82, 2.24) is 19.6 Å². The van der Waals surface area contributed by atoms with Crippen LogP contribution in [0.25, 0.3) is 27.7 Å². The first-order valence-corrected chi connectivity index (χ1v) is 10.7. The molecule has 0 saturated carbocycles. The second-order valence-corrected chi connectivity index (χ2v) is 7.94. The minimum absolute atomic E-state index is 0.175. The molecule has 0 spiro atoms. The van der Waals surface area contributed by atoms with Crippen LogP contribution in [-0.2, 0) is 0 Å². The van der Waals surface area contributed by atoms with E-state index in [2.05, 4.69) is 10.2 Å². The maximum atomic E-state index is 13.1. The van der Waals surface area contributed by atoms with E-state index in [9.17, 15) is 9.59 Å². The summed E-state index contributed by atoms with van der Waals surface area (Å²) in [6.07, 6.45) is 4.11. The largest absolute Gasteiger partial charge is 0.351 e. The van der Waals surface area contributed by atoms with E-state index >= 15 is 0 Å². The number of amides is 1. The van der Waals surface area contributed by atoms with E-state index in [1.54, 1.807) is 18.3 Å². The van der Waals surface area contributed by atoms with Crippen molar-refractivity contribution in [3.8, 4) is 11.1 Å². The van der Waals surface area contributed by atoms with Gasteiger partial charge in [0.2, 0.25) is 0 Å². The molecular weight excluding hydrogens is 388 g/mol. The summed E-state index contributed by atoms with van der Waals surface area (Å²) in [6.45, 7) is 3.61. The number of rotatable bonds is 5. The lowest BCUT2D eigenvalue weighted by Crippen LogP contribution is -2.34. The van der Waals surface area contributed by atoms with Crippen LogP contribution < -0.4 is 10.9 Å². The van der Waals surface area contributed by atoms with Crippen molar-refractivity contribution in [3.05, 3.63) is 82.8 Å². The van der Waals surface area contributed by atoms with Crippen LogP contribution in [0.15, 0.2) is 71.7 Å². The smallest absolute Gasteiger partial charge is 0.265 e. The zero-order valence-electron chi connectivity index (χ0n) is 17.3. The summed E-state index contributed by atoms with van der Waals surface area (Å²) in [6, 6.07) is 19.1. The Morgan fingerprint density at radius 1 is 0.968 bits per heavy atom. The Kier molecular flexibility index (Phi) is 5.22. The highest BCUT2D eigenvalue weighted by atomic mass is 16.2. The van der Waals surface area contributed by atoms with Gasteiger partial charge >= 0.3 is 0 Å². The van der Waals surface area contributed by atoms with Crippen LogP contribution in [-0.4, -0.2) is 46.4 Å². The van der Waals surface area contributed by atoms with Crippen LogP contribution in [0, 0.1) is 0 Å². The van der Waals surface area contributed by atoms with E-state index in [0.29, 0.717) is 28.7 Å². The predicted octanol–water partition coefficient (Wildman–Crippen LogP) is 3.34. The van der Waals surface area contributed by atoms with Gasteiger partial charge in [0.25, 0.3) is 11.5 Å². The summed E-state index contributed by atoms with van der Waals surface area (Å²) in [5, 5.41) is 3.52. The first-order valence-electron chi connectivity index (χ1n) is 10.7. The summed E-state index contributed by atoms with van der Waals surface area (Å²) in [5.41, 5.74) is 3.24. The fourth-order valence-electron chi connectivity index (χ4n) is 4.24. The monoisotopic (exact) mass is 412 g/mol. The third-order valence-corrected chi connectivity index (χ3v) is 5.90. The Labute approximate surface area is 180 Å². The second-order valence-electron chi connectivity index (χ2n) is 7.94. The summed E-state index contributed by atoms with van der Waals surface area (Å²) in [4.78, 5) is 33.0. The lowest BCUT2D eigenvalue weighted by atomic mass is 10.0. The Morgan fingerprint density at radius 3 is 2.58 bits per heavy atom. The van der Waals surface area contributed by atoms with Crippen molar-refractivity contribution < 1.29 is 4.79 Å². The average Bonchev–Trinajstić information content (AvgIpc) is 3.33. The number of nitrogens with zero attached hydrogens (tertiary/aromatic N) is 3. The molecule has 6 nitrogen and oxygen atoms in total. The van der Waals surface area contributed by atoms with Gasteiger partial charge in [0.1, 0.15) is 0 Å². The van der Waals surface area contributed by atoms with Crippen LogP contribution in [0.4, 0.5) is 0 Å². The molecule has 156 valence electrons. The van der Waals surface area contributed by atoms with Crippen molar-refractivity contribution in [1.29, 1.82) is 0 Å². The van der Waals surface area contributed by atoms with Crippen LogP contribution in [0.5, 0.6) is 0 Å². The van der Waals surface area contributed by atoms with Crippen molar-refractivity contribution in [2.24, 2.45) is 0 Å². The average molecular weight is 412 g/mol. The predicted molar refractivity (Wildman–Crippen MR) is 122 cm³/mol. The van der Waals surface area contributed by atoms with Gasteiger partial charge in [-0.25, -0.2) is 4.98 Å². The highest BCUT2D eigenvalue weighted by Gasteiger charge is 2.16. The SMILES string of the molecule is O=C(NCCN1CCCC1)c1cccn2c(=O)c3ccc(-c4ccccc4)cc3nc12. The van der Waals surface area contributed by atoms with Gasteiger partial charge in [-0.1, -0.05) is 36.4 Å². The Morgan fingerprint density at radius 2 is 1.77 bits per heavy atom. The molecule has 1 fully saturated rings. The summed E-state index contributed by atoms with van der Waals surface area (Å²) < 4.78 is 1.46. The third-order valence-electron chi connectivity index (χ3n) is 5.90. The Hall–Kier alpha value is -3.51. The zero-order valence-corrected chi connectivity index (χ0v) is 17.3. The highest BCUT2D eigenvalue weighted by Crippen LogP contribution is 2.23. The van der Waals surface area contributed by atoms with Gasteiger partial charge < -0.3 is 10.2 Å². The van der Waals surface area contributed by atoms with Crippen LogP contribution in [0.2, 0.25) is 0 Å². The molecule has 31 heavy (non-hydrogen) atoms. The number of hydrogen-bond donors (Lipinski definition) is 1. The van der Waals surface area contributed by atoms with Gasteiger partial charge in [0.05, 0.1) is 16.5 Å². The fraction of sp³-hybridized carbons (Fsp3) is 0.240. The van der Waals surface area contributed by atoms with Gasteiger partial charge in [-0.05, 0) is 61.3 Å². The van der Waals surface area contributed by atoms with Gasteiger partial charge in [0.15, 0.2) is 5.65 Å². The van der Waals surface area contributed by atoms with Crippen LogP contribution in [0.3, 0.4) is 0 Å². The molecule has 1 amide bonds. The maximum Gasteiger partial charge on any atom is 0.265 e. The molecular formula is C25H24N4O2. The Bertz CT molecular complexity index is 1310. The normalized spacial score (nSPS) is 14.3. The quantitative estimate of drug-likeness (QED) is 0.511. The third kappa shape index (κ3) is 3.82. The van der Waals surface area contributed by atoms with Gasteiger partial charge in [-0.2, -0.15) is 0 Å². The second kappa shape index (κ2) is 8.32. The first kappa shape index (κ1) is 19.5. The lowest BCUT2D eigenvalue weighted by Gasteiger charge is -2.15. The number of benzene rings is 2. The van der Waals surface area contributed by atoms with E-state index in [1.165, 1.54) is 17.2 Å². The van der Waals surface area contributed by atoms with Gasteiger partial charge in [0, 0.05) is 19.3 Å². The molecule has 1 saturated heterocycles. The number of fused-ring (bicyclic) bond motifs is 2. The highest BCUT2D eigenvalue weighted by molar-refractivity contribution is 6.00. The van der Waals surface area contributed by atoms with E-state index in [1.807, 2.05) is 48.5 Å². The molecule has 2 aromatic carbocycles. The topological polar surface area (TPSA) is 66.7 Å². The molecule has 1 aliphatic rings. The first-order chi connectivity index (χ1) is 15.2. The molecule has 1 aliphatic heterocycles. The Balaban J connectivity index is 1.51. The van der Waals surface area contributed by atoms with Crippen LogP contribution in [0.1, 0.15) is 23.2 Å². The number of nitrogens with one attached hydrogen (secondary N) is 1. The van der Waals surface area contributed by atoms with Crippen LogP contribution >= 0.6 is 0 Å². The van der Waals surface area contributed by atoms with Gasteiger partial charge in [-0.15, -0.1) is 0 Å². The van der Waals surface area contributed by atoms with E-state index in [4.69, 9.17) is 4.98 Å². The number of pyridine rings is 1. The summed E-state index contributed by atoms with van der Waals surface area (Å²) in [7, 11) is 0. The van der Waals surface area contributed by atoms with E-state index < -0.39 is 0 Å². The minimum Gasteiger partial charge on any atom is -0.351 e. The van der Waals surface area contributed by atoms with Crippen molar-refractivity contribution >= 4 is 22.5 Å². The number of carbonyl (C=O) groups excluding carboxylic acids is 1. The molecule has 2 aromatic heterocycles. The standard InChI is InChI=1S/C25H24N4O2/c30-24(26-12-16-28-13-4-5-14-28)21-9-6-15-29-23(21)27-22-17-19(10-11-20(22)25(29)31)18-7-2-1-3-8-18/h1-3,6-11,15,17H,4-5,12-14,16H2,(H,26,30). The molecule has 0 radical (unpaired) electrons. The lowest BCUT2D eigenvalue weighted by molar-refractivity contribution is 0.0951. The number of aromatic nitrogens is 2. The molecule has 0 aliphatic carbocycles. The number of carbonyl (C=O) groups is 1. The molecule has 3 heterocycles. The molecule has 4 aromatic rings. The summed E-state index contributed by atoms with van der Waals surface area (Å²) in [5.74, 6) is -0.206. The molecule has 5 rings (SSSR count). The van der Waals surface area contributed by atoms with Gasteiger partial charge in [-0.3, -0.25) is 14.0 Å². The van der Waals surface area contributed by atoms with Crippen molar-refractivity contribution in [2.75, 3.05) is 26.2 Å². The molecule has 0 unspecified atom stereocenters. The minimum atomic E-state index is -0.206. The molecule has 1 N–H and O–H groups in total. The van der Waals surface area contributed by atoms with E-state index in [0.717, 1.165) is 30.8 Å². The molecule has 0 atom stereocenters. The van der Waals surface area contributed by atoms with Crippen molar-refractivity contribution in [2.45, 2.75) is 12.8 Å². The number of likely N-dealkylation sites (tertiary alicyclic amines) is 1. The zero-order chi connectivity index (χ0) is 21.2. The molecule has 6 heteroatoms. The maximum absolute atomic E-state index is 13.1. The molecule has 0 bridgehead atoms. The van der Waals surface area contributed by atoms with E-state index in [-0.39, 0.29) is 11.5 Å². The number of hydrogen-bond acceptors (Lipinski definition) is 4. The van der Waals surface area contributed by atoms with Crippen molar-refractivity contribution in [3.63, 3.8) is 0 Å².